The molecule has 7 nitrogen and oxygen atoms in total. The van der Waals surface area contributed by atoms with Crippen molar-refractivity contribution in [3.8, 4) is 5.69 Å². The molecule has 4 aromatic rings. The van der Waals surface area contributed by atoms with Gasteiger partial charge >= 0.3 is 0 Å². The molecule has 0 saturated carbocycles. The smallest absolute Gasteiger partial charge is 0.275 e. The number of carbonyl (C=O) groups excluding carboxylic acids is 2. The van der Waals surface area contributed by atoms with E-state index in [-0.39, 0.29) is 47.3 Å². The van der Waals surface area contributed by atoms with Gasteiger partial charge in [0.2, 0.25) is 5.91 Å². The van der Waals surface area contributed by atoms with Gasteiger partial charge in [-0.15, -0.1) is 12.4 Å². The molecule has 0 fully saturated rings. The Morgan fingerprint density at radius 2 is 1.83 bits per heavy atom. The highest BCUT2D eigenvalue weighted by Crippen LogP contribution is 2.43. The van der Waals surface area contributed by atoms with E-state index < -0.39 is 29.7 Å². The molecule has 212 valence electrons. The summed E-state index contributed by atoms with van der Waals surface area (Å²) >= 11 is 6.55. The Bertz CT molecular complexity index is 1620. The molecule has 0 aliphatic carbocycles. The zero-order valence-corrected chi connectivity index (χ0v) is 23.8. The summed E-state index contributed by atoms with van der Waals surface area (Å²) in [6, 6.07) is 18.4. The van der Waals surface area contributed by atoms with E-state index in [9.17, 15) is 9.59 Å². The van der Waals surface area contributed by atoms with E-state index in [1.54, 1.807) is 65.5 Å². The maximum atomic E-state index is 15.5. The van der Waals surface area contributed by atoms with Crippen molar-refractivity contribution in [1.82, 2.24) is 20.1 Å². The third-order valence-corrected chi connectivity index (χ3v) is 6.97. The summed E-state index contributed by atoms with van der Waals surface area (Å²) in [7, 11) is 0. The molecular formula is C30H27Cl2F2N5O2. The van der Waals surface area contributed by atoms with Gasteiger partial charge in [0.05, 0.1) is 39.9 Å². The first kappa shape index (κ1) is 29.9. The number of fused-ring (bicyclic) bond motifs is 1. The fourth-order valence-corrected chi connectivity index (χ4v) is 5.00. The molecule has 5 rings (SSSR count). The number of anilines is 1. The van der Waals surface area contributed by atoms with Gasteiger partial charge in [-0.3, -0.25) is 14.6 Å². The molecule has 0 unspecified atom stereocenters. The number of alkyl halides is 2. The van der Waals surface area contributed by atoms with Crippen LogP contribution >= 0.6 is 24.0 Å². The fraction of sp³-hybridized carbons (Fsp3) is 0.200. The molecule has 2 aromatic carbocycles. The second kappa shape index (κ2) is 12.2. The van der Waals surface area contributed by atoms with E-state index in [0.717, 1.165) is 17.5 Å². The van der Waals surface area contributed by atoms with Crippen LogP contribution in [-0.4, -0.2) is 39.0 Å². The molecule has 0 radical (unpaired) electrons. The summed E-state index contributed by atoms with van der Waals surface area (Å²) in [6.07, 6.45) is 1.82. The molecule has 0 saturated heterocycles. The predicted octanol–water partition coefficient (Wildman–Crippen LogP) is 6.34. The zero-order valence-electron chi connectivity index (χ0n) is 22.3. The van der Waals surface area contributed by atoms with Gasteiger partial charge in [0.25, 0.3) is 11.8 Å². The van der Waals surface area contributed by atoms with E-state index in [2.05, 4.69) is 15.4 Å². The molecule has 3 heterocycles. The summed E-state index contributed by atoms with van der Waals surface area (Å²) in [4.78, 5) is 31.8. The molecule has 1 aliphatic heterocycles. The monoisotopic (exact) mass is 597 g/mol. The highest BCUT2D eigenvalue weighted by molar-refractivity contribution is 6.34. The average Bonchev–Trinajstić information content (AvgIpc) is 3.23. The number of amides is 2. The highest BCUT2D eigenvalue weighted by atomic mass is 35.5. The van der Waals surface area contributed by atoms with Gasteiger partial charge in [-0.1, -0.05) is 35.9 Å². The second-order valence-electron chi connectivity index (χ2n) is 9.53. The number of pyridine rings is 1. The van der Waals surface area contributed by atoms with Crippen molar-refractivity contribution < 1.29 is 18.4 Å². The van der Waals surface area contributed by atoms with Crippen LogP contribution in [0.25, 0.3) is 11.3 Å². The van der Waals surface area contributed by atoms with Crippen molar-refractivity contribution in [2.24, 2.45) is 0 Å². The third-order valence-electron chi connectivity index (χ3n) is 6.66. The molecule has 1 aliphatic rings. The van der Waals surface area contributed by atoms with Gasteiger partial charge < -0.3 is 10.2 Å². The van der Waals surface area contributed by atoms with Crippen LogP contribution in [0.2, 0.25) is 5.02 Å². The first-order chi connectivity index (χ1) is 19.1. The SMILES string of the molecule is Cc1cc(C)n(-c2ccc(C(=O)N3CCC(F)(F)/C(=C\C(=O)NCc4ccccn4)c4ccccc43)c(Cl)c2)n1.Cl. The number of rotatable bonds is 5. The minimum absolute atomic E-state index is 0. The number of para-hydroxylation sites is 1. The molecule has 0 atom stereocenters. The quantitative estimate of drug-likeness (QED) is 0.272. The second-order valence-corrected chi connectivity index (χ2v) is 9.94. The maximum absolute atomic E-state index is 15.5. The van der Waals surface area contributed by atoms with Crippen LogP contribution in [0.4, 0.5) is 14.5 Å². The summed E-state index contributed by atoms with van der Waals surface area (Å²) in [5.41, 5.74) is 3.10. The van der Waals surface area contributed by atoms with Crippen LogP contribution in [0.1, 0.15) is 39.4 Å². The minimum atomic E-state index is -3.36. The molecule has 0 spiro atoms. The lowest BCUT2D eigenvalue weighted by Gasteiger charge is -2.23. The van der Waals surface area contributed by atoms with Crippen LogP contribution in [0.3, 0.4) is 0 Å². The van der Waals surface area contributed by atoms with Crippen LogP contribution < -0.4 is 10.2 Å². The molecule has 2 amide bonds. The third kappa shape index (κ3) is 6.31. The first-order valence-corrected chi connectivity index (χ1v) is 13.0. The van der Waals surface area contributed by atoms with E-state index in [4.69, 9.17) is 11.6 Å². The molecule has 11 heteroatoms. The standard InChI is InChI=1S/C30H26ClF2N5O2.ClH/c1-19-15-20(2)38(36-19)22-10-11-24(26(31)16-22)29(40)37-14-12-30(32,33)25(23-8-3-4-9-27(23)37)17-28(39)35-18-21-7-5-6-13-34-21;/h3-11,13,15-17H,12,14,18H2,1-2H3,(H,35,39);1H/b25-17-;. The Kier molecular flexibility index (Phi) is 8.89. The summed E-state index contributed by atoms with van der Waals surface area (Å²) in [6.45, 7) is 3.60. The van der Waals surface area contributed by atoms with Crippen molar-refractivity contribution in [2.75, 3.05) is 11.4 Å². The normalized spacial score (nSPS) is 15.0. The van der Waals surface area contributed by atoms with Gasteiger partial charge in [0.15, 0.2) is 0 Å². The van der Waals surface area contributed by atoms with Gasteiger partial charge in [0, 0.05) is 42.1 Å². The van der Waals surface area contributed by atoms with Crippen molar-refractivity contribution in [3.63, 3.8) is 0 Å². The van der Waals surface area contributed by atoms with Gasteiger partial charge in [-0.25, -0.2) is 13.5 Å². The Morgan fingerprint density at radius 3 is 2.51 bits per heavy atom. The topological polar surface area (TPSA) is 80.1 Å². The Hall–Kier alpha value is -4.08. The lowest BCUT2D eigenvalue weighted by Crippen LogP contribution is -2.33. The van der Waals surface area contributed by atoms with E-state index in [1.165, 1.54) is 11.0 Å². The first-order valence-electron chi connectivity index (χ1n) is 12.7. The maximum Gasteiger partial charge on any atom is 0.275 e. The number of hydrogen-bond donors (Lipinski definition) is 1. The van der Waals surface area contributed by atoms with Crippen molar-refractivity contribution in [1.29, 1.82) is 0 Å². The van der Waals surface area contributed by atoms with Crippen LogP contribution in [0, 0.1) is 13.8 Å². The van der Waals surface area contributed by atoms with Gasteiger partial charge in [0.1, 0.15) is 0 Å². The Labute approximate surface area is 247 Å². The van der Waals surface area contributed by atoms with Crippen LogP contribution in [0.5, 0.6) is 0 Å². The number of nitrogens with zero attached hydrogens (tertiary/aromatic N) is 4. The average molecular weight is 598 g/mol. The zero-order chi connectivity index (χ0) is 28.4. The van der Waals surface area contributed by atoms with Crippen molar-refractivity contribution in [2.45, 2.75) is 32.7 Å². The van der Waals surface area contributed by atoms with E-state index in [1.807, 2.05) is 19.9 Å². The Balaban J connectivity index is 0.00000387. The molecule has 0 bridgehead atoms. The van der Waals surface area contributed by atoms with Gasteiger partial charge in [-0.05, 0) is 56.3 Å². The van der Waals surface area contributed by atoms with E-state index in [0.29, 0.717) is 11.4 Å². The molecular weight excluding hydrogens is 571 g/mol. The number of aryl methyl sites for hydroxylation is 2. The minimum Gasteiger partial charge on any atom is -0.347 e. The lowest BCUT2D eigenvalue weighted by molar-refractivity contribution is -0.116. The number of benzene rings is 2. The summed E-state index contributed by atoms with van der Waals surface area (Å²) in [5, 5.41) is 7.23. The lowest BCUT2D eigenvalue weighted by atomic mass is 9.97. The molecule has 1 N–H and O–H groups in total. The Morgan fingerprint density at radius 1 is 1.07 bits per heavy atom. The number of allylic oxidation sites excluding steroid dienone is 1. The number of nitrogens with one attached hydrogen (secondary N) is 1. The summed E-state index contributed by atoms with van der Waals surface area (Å²) < 4.78 is 32.7. The fourth-order valence-electron chi connectivity index (χ4n) is 4.74. The molecule has 41 heavy (non-hydrogen) atoms. The number of aromatic nitrogens is 3. The largest absolute Gasteiger partial charge is 0.347 e. The van der Waals surface area contributed by atoms with Crippen LogP contribution in [0.15, 0.2) is 79.0 Å². The van der Waals surface area contributed by atoms with Crippen molar-refractivity contribution in [3.05, 3.63) is 112 Å². The molecule has 2 aromatic heterocycles. The number of hydrogen-bond acceptors (Lipinski definition) is 4. The predicted molar refractivity (Wildman–Crippen MR) is 157 cm³/mol. The number of halogens is 4. The number of carbonyl (C=O) groups is 2. The van der Waals surface area contributed by atoms with E-state index >= 15 is 8.78 Å². The summed E-state index contributed by atoms with van der Waals surface area (Å²) in [5.74, 6) is -4.57. The highest BCUT2D eigenvalue weighted by Gasteiger charge is 2.41. The van der Waals surface area contributed by atoms with Crippen molar-refractivity contribution >= 4 is 47.1 Å². The van der Waals surface area contributed by atoms with Crippen LogP contribution in [-0.2, 0) is 11.3 Å². The van der Waals surface area contributed by atoms with Gasteiger partial charge in [-0.2, -0.15) is 5.10 Å².